The number of hydrogen-bond donors (Lipinski definition) is 2. The monoisotopic (exact) mass is 158 g/mol. The molecule has 2 amide bonds. The second-order valence-corrected chi connectivity index (χ2v) is 2.84. The second kappa shape index (κ2) is 3.57. The molecule has 1 aliphatic heterocycles. The molecular formula is C7H14N2O2. The van der Waals surface area contributed by atoms with Crippen molar-refractivity contribution in [3.05, 3.63) is 0 Å². The van der Waals surface area contributed by atoms with Gasteiger partial charge in [-0.05, 0) is 6.42 Å². The lowest BCUT2D eigenvalue weighted by Gasteiger charge is -2.14. The normalized spacial score (nSPS) is 23.8. The third-order valence-corrected chi connectivity index (χ3v) is 2.05. The molecule has 0 aromatic carbocycles. The van der Waals surface area contributed by atoms with Crippen LogP contribution in [0.2, 0.25) is 0 Å². The van der Waals surface area contributed by atoms with Crippen molar-refractivity contribution in [1.29, 1.82) is 0 Å². The molecule has 1 aliphatic rings. The zero-order valence-electron chi connectivity index (χ0n) is 6.71. The Morgan fingerprint density at radius 2 is 2.55 bits per heavy atom. The summed E-state index contributed by atoms with van der Waals surface area (Å²) < 4.78 is 0. The summed E-state index contributed by atoms with van der Waals surface area (Å²) in [5, 5.41) is 11.3. The van der Waals surface area contributed by atoms with Crippen LogP contribution in [0.25, 0.3) is 0 Å². The van der Waals surface area contributed by atoms with Crippen LogP contribution in [-0.4, -0.2) is 42.8 Å². The van der Waals surface area contributed by atoms with E-state index in [1.165, 1.54) is 0 Å². The molecule has 0 aliphatic carbocycles. The first kappa shape index (κ1) is 8.33. The van der Waals surface area contributed by atoms with Crippen LogP contribution in [-0.2, 0) is 0 Å². The standard InChI is InChI=1S/C7H14N2O2/c1-8-7(11)9-3-2-6(4-9)5-10/h6,10H,2-5H2,1H3,(H,8,11)/t6-/m1/s1. The lowest BCUT2D eigenvalue weighted by Crippen LogP contribution is -2.36. The molecule has 0 aromatic rings. The average molecular weight is 158 g/mol. The lowest BCUT2D eigenvalue weighted by atomic mass is 10.1. The minimum Gasteiger partial charge on any atom is -0.396 e. The smallest absolute Gasteiger partial charge is 0.317 e. The minimum atomic E-state index is -0.0408. The van der Waals surface area contributed by atoms with Crippen LogP contribution in [0.4, 0.5) is 4.79 Å². The van der Waals surface area contributed by atoms with E-state index in [4.69, 9.17) is 5.11 Å². The van der Waals surface area contributed by atoms with Gasteiger partial charge in [0, 0.05) is 32.7 Å². The Morgan fingerprint density at radius 1 is 1.82 bits per heavy atom. The summed E-state index contributed by atoms with van der Waals surface area (Å²) in [7, 11) is 1.62. The Labute approximate surface area is 66.2 Å². The largest absolute Gasteiger partial charge is 0.396 e. The fraction of sp³-hybridized carbons (Fsp3) is 0.857. The molecule has 1 fully saturated rings. The van der Waals surface area contributed by atoms with Crippen molar-refractivity contribution in [2.75, 3.05) is 26.7 Å². The first-order valence-electron chi connectivity index (χ1n) is 3.85. The molecule has 64 valence electrons. The number of amides is 2. The lowest BCUT2D eigenvalue weighted by molar-refractivity contribution is 0.200. The molecule has 0 radical (unpaired) electrons. The van der Waals surface area contributed by atoms with Crippen molar-refractivity contribution in [3.63, 3.8) is 0 Å². The molecule has 0 aromatic heterocycles. The number of aliphatic hydroxyl groups excluding tert-OH is 1. The third-order valence-electron chi connectivity index (χ3n) is 2.05. The van der Waals surface area contributed by atoms with E-state index in [1.54, 1.807) is 11.9 Å². The van der Waals surface area contributed by atoms with Gasteiger partial charge in [0.25, 0.3) is 0 Å². The van der Waals surface area contributed by atoms with Gasteiger partial charge in [-0.15, -0.1) is 0 Å². The quantitative estimate of drug-likeness (QED) is 0.547. The zero-order valence-corrected chi connectivity index (χ0v) is 6.71. The molecule has 0 spiro atoms. The van der Waals surface area contributed by atoms with Gasteiger partial charge in [0.2, 0.25) is 0 Å². The number of urea groups is 1. The van der Waals surface area contributed by atoms with Gasteiger partial charge in [0.05, 0.1) is 0 Å². The van der Waals surface area contributed by atoms with Crippen molar-refractivity contribution in [3.8, 4) is 0 Å². The van der Waals surface area contributed by atoms with E-state index in [0.717, 1.165) is 13.0 Å². The van der Waals surface area contributed by atoms with Gasteiger partial charge in [-0.3, -0.25) is 0 Å². The zero-order chi connectivity index (χ0) is 8.27. The summed E-state index contributed by atoms with van der Waals surface area (Å²) in [6, 6.07) is -0.0408. The maximum atomic E-state index is 11.0. The third kappa shape index (κ3) is 1.83. The van der Waals surface area contributed by atoms with E-state index >= 15 is 0 Å². The van der Waals surface area contributed by atoms with Crippen LogP contribution in [0.3, 0.4) is 0 Å². The van der Waals surface area contributed by atoms with E-state index in [0.29, 0.717) is 6.54 Å². The first-order chi connectivity index (χ1) is 5.27. The Kier molecular flexibility index (Phi) is 2.70. The van der Waals surface area contributed by atoms with E-state index in [9.17, 15) is 4.79 Å². The van der Waals surface area contributed by atoms with Crippen molar-refractivity contribution in [2.24, 2.45) is 5.92 Å². The molecular weight excluding hydrogens is 144 g/mol. The molecule has 4 heteroatoms. The highest BCUT2D eigenvalue weighted by molar-refractivity contribution is 5.74. The molecule has 4 nitrogen and oxygen atoms in total. The van der Waals surface area contributed by atoms with Gasteiger partial charge in [0.1, 0.15) is 0 Å². The van der Waals surface area contributed by atoms with Gasteiger partial charge in [-0.2, -0.15) is 0 Å². The highest BCUT2D eigenvalue weighted by Gasteiger charge is 2.24. The number of nitrogens with zero attached hydrogens (tertiary/aromatic N) is 1. The van der Waals surface area contributed by atoms with Crippen LogP contribution < -0.4 is 5.32 Å². The number of carbonyl (C=O) groups excluding carboxylic acids is 1. The maximum Gasteiger partial charge on any atom is 0.317 e. The summed E-state index contributed by atoms with van der Waals surface area (Å²) >= 11 is 0. The molecule has 0 bridgehead atoms. The predicted molar refractivity (Wildman–Crippen MR) is 41.2 cm³/mol. The molecule has 1 rings (SSSR count). The fourth-order valence-electron chi connectivity index (χ4n) is 1.32. The number of nitrogens with one attached hydrogen (secondary N) is 1. The molecule has 0 saturated carbocycles. The Balaban J connectivity index is 2.35. The molecule has 1 heterocycles. The van der Waals surface area contributed by atoms with Crippen LogP contribution in [0.15, 0.2) is 0 Å². The van der Waals surface area contributed by atoms with Crippen molar-refractivity contribution >= 4 is 6.03 Å². The van der Waals surface area contributed by atoms with Crippen LogP contribution >= 0.6 is 0 Å². The first-order valence-corrected chi connectivity index (χ1v) is 3.85. The van der Waals surface area contributed by atoms with E-state index in [1.807, 2.05) is 0 Å². The molecule has 2 N–H and O–H groups in total. The second-order valence-electron chi connectivity index (χ2n) is 2.84. The van der Waals surface area contributed by atoms with Gasteiger partial charge < -0.3 is 15.3 Å². The highest BCUT2D eigenvalue weighted by Crippen LogP contribution is 2.14. The van der Waals surface area contributed by atoms with Gasteiger partial charge >= 0.3 is 6.03 Å². The molecule has 11 heavy (non-hydrogen) atoms. The molecule has 1 saturated heterocycles. The number of carbonyl (C=O) groups is 1. The molecule has 0 unspecified atom stereocenters. The Morgan fingerprint density at radius 3 is 3.00 bits per heavy atom. The van der Waals surface area contributed by atoms with Gasteiger partial charge in [-0.1, -0.05) is 0 Å². The summed E-state index contributed by atoms with van der Waals surface area (Å²) in [5.74, 6) is 0.285. The fourth-order valence-corrected chi connectivity index (χ4v) is 1.32. The summed E-state index contributed by atoms with van der Waals surface area (Å²) in [4.78, 5) is 12.7. The van der Waals surface area contributed by atoms with E-state index in [-0.39, 0.29) is 18.6 Å². The van der Waals surface area contributed by atoms with Crippen LogP contribution in [0.5, 0.6) is 0 Å². The van der Waals surface area contributed by atoms with Gasteiger partial charge in [-0.25, -0.2) is 4.79 Å². The summed E-state index contributed by atoms with van der Waals surface area (Å²) in [6.07, 6.45) is 0.921. The summed E-state index contributed by atoms with van der Waals surface area (Å²) in [5.41, 5.74) is 0. The predicted octanol–water partition coefficient (Wildman–Crippen LogP) is -0.360. The topological polar surface area (TPSA) is 52.6 Å². The SMILES string of the molecule is CNC(=O)N1CC[C@@H](CO)C1. The Hall–Kier alpha value is -0.770. The molecule has 1 atom stereocenters. The number of hydrogen-bond acceptors (Lipinski definition) is 2. The Bertz CT molecular complexity index is 149. The number of likely N-dealkylation sites (tertiary alicyclic amines) is 1. The van der Waals surface area contributed by atoms with E-state index in [2.05, 4.69) is 5.32 Å². The van der Waals surface area contributed by atoms with Crippen molar-refractivity contribution in [1.82, 2.24) is 10.2 Å². The van der Waals surface area contributed by atoms with Gasteiger partial charge in [0.15, 0.2) is 0 Å². The van der Waals surface area contributed by atoms with Crippen LogP contribution in [0, 0.1) is 5.92 Å². The average Bonchev–Trinajstić information content (AvgIpc) is 2.50. The number of rotatable bonds is 1. The van der Waals surface area contributed by atoms with E-state index < -0.39 is 0 Å². The van der Waals surface area contributed by atoms with Crippen molar-refractivity contribution in [2.45, 2.75) is 6.42 Å². The maximum absolute atomic E-state index is 11.0. The number of aliphatic hydroxyl groups is 1. The summed E-state index contributed by atoms with van der Waals surface area (Å²) in [6.45, 7) is 1.65. The van der Waals surface area contributed by atoms with Crippen LogP contribution in [0.1, 0.15) is 6.42 Å². The van der Waals surface area contributed by atoms with Crippen molar-refractivity contribution < 1.29 is 9.90 Å². The highest BCUT2D eigenvalue weighted by atomic mass is 16.3. The minimum absolute atomic E-state index is 0.0408.